The molecule has 0 aliphatic rings. The van der Waals surface area contributed by atoms with Crippen LogP contribution < -0.4 is 14.5 Å². The van der Waals surface area contributed by atoms with E-state index in [2.05, 4.69) is 30.3 Å². The lowest BCUT2D eigenvalue weighted by molar-refractivity contribution is 0.217. The number of hydrazone groups is 1. The van der Waals surface area contributed by atoms with Gasteiger partial charge >= 0.3 is 0 Å². The molecule has 0 amide bonds. The number of ether oxygens (including phenoxy) is 2. The van der Waals surface area contributed by atoms with Crippen LogP contribution in [0.2, 0.25) is 0 Å². The normalized spacial score (nSPS) is 10.9. The number of benzene rings is 4. The number of nitriles is 1. The average molecular weight is 462 g/mol. The third kappa shape index (κ3) is 6.96. The molecule has 0 aliphatic heterocycles. The topological polar surface area (TPSA) is 57.9 Å². The zero-order valence-corrected chi connectivity index (χ0v) is 19.7. The molecule has 4 aromatic rings. The first-order valence-electron chi connectivity index (χ1n) is 11.5. The Morgan fingerprint density at radius 2 is 1.29 bits per heavy atom. The Labute approximate surface area is 206 Å². The Hall–Kier alpha value is -4.56. The fraction of sp³-hybridized carbons (Fsp3) is 0.133. The molecule has 0 heterocycles. The first kappa shape index (κ1) is 23.6. The van der Waals surface area contributed by atoms with Crippen molar-refractivity contribution in [1.29, 1.82) is 5.26 Å². The minimum atomic E-state index is 0.416. The molecule has 0 atom stereocenters. The zero-order chi connectivity index (χ0) is 24.3. The fourth-order valence-electron chi connectivity index (χ4n) is 3.52. The number of nitrogens with zero attached hydrogens (tertiary/aromatic N) is 3. The van der Waals surface area contributed by atoms with Gasteiger partial charge in [0.05, 0.1) is 29.6 Å². The van der Waals surface area contributed by atoms with Crippen LogP contribution in [0, 0.1) is 11.3 Å². The van der Waals surface area contributed by atoms with E-state index < -0.39 is 0 Å². The van der Waals surface area contributed by atoms with E-state index in [0.29, 0.717) is 31.1 Å². The van der Waals surface area contributed by atoms with Gasteiger partial charge in [-0.1, -0.05) is 48.5 Å². The summed E-state index contributed by atoms with van der Waals surface area (Å²) in [6.07, 6.45) is 0. The van der Waals surface area contributed by atoms with E-state index in [1.807, 2.05) is 72.6 Å². The highest BCUT2D eigenvalue weighted by molar-refractivity contribution is 5.99. The van der Waals surface area contributed by atoms with Gasteiger partial charge in [-0.3, -0.25) is 5.01 Å². The molecule has 0 aliphatic carbocycles. The average Bonchev–Trinajstić information content (AvgIpc) is 2.92. The molecule has 0 saturated heterocycles. The van der Waals surface area contributed by atoms with E-state index in [9.17, 15) is 0 Å². The quantitative estimate of drug-likeness (QED) is 0.155. The molecule has 174 valence electrons. The number of hydrogen-bond donors (Lipinski definition) is 0. The van der Waals surface area contributed by atoms with Crippen LogP contribution in [0.4, 0.5) is 5.69 Å². The van der Waals surface area contributed by atoms with Gasteiger partial charge in [-0.05, 0) is 78.7 Å². The van der Waals surface area contributed by atoms with Crippen LogP contribution in [0.3, 0.4) is 0 Å². The van der Waals surface area contributed by atoms with E-state index in [0.717, 1.165) is 22.7 Å². The molecule has 0 saturated carbocycles. The molecule has 35 heavy (non-hydrogen) atoms. The number of rotatable bonds is 10. The third-order valence-corrected chi connectivity index (χ3v) is 5.38. The summed E-state index contributed by atoms with van der Waals surface area (Å²) in [5.41, 5.74) is 4.79. The lowest BCUT2D eigenvalue weighted by atomic mass is 10.1. The van der Waals surface area contributed by atoms with Gasteiger partial charge in [0, 0.05) is 0 Å². The van der Waals surface area contributed by atoms with Crippen molar-refractivity contribution in [3.8, 4) is 17.6 Å². The predicted molar refractivity (Wildman–Crippen MR) is 140 cm³/mol. The highest BCUT2D eigenvalue weighted by atomic mass is 16.5. The van der Waals surface area contributed by atoms with Gasteiger partial charge in [-0.15, -0.1) is 0 Å². The summed E-state index contributed by atoms with van der Waals surface area (Å²) < 4.78 is 11.5. The van der Waals surface area contributed by atoms with E-state index in [1.165, 1.54) is 5.56 Å². The second-order valence-corrected chi connectivity index (χ2v) is 7.92. The van der Waals surface area contributed by atoms with Crippen LogP contribution in [0.25, 0.3) is 0 Å². The van der Waals surface area contributed by atoms with Crippen molar-refractivity contribution in [1.82, 2.24) is 0 Å². The molecule has 0 unspecified atom stereocenters. The van der Waals surface area contributed by atoms with E-state index >= 15 is 0 Å². The molecule has 0 bridgehead atoms. The SMILES string of the molecule is C/C(=N/N(Cc1ccccc1)c1ccccc1)c1ccc(OCCOc2ccc(C#N)cc2)cc1. The van der Waals surface area contributed by atoms with Gasteiger partial charge in [0.25, 0.3) is 0 Å². The molecular formula is C30H27N3O2. The van der Waals surface area contributed by atoms with Crippen molar-refractivity contribution in [2.75, 3.05) is 18.2 Å². The molecule has 0 fully saturated rings. The maximum absolute atomic E-state index is 8.86. The second kappa shape index (κ2) is 12.1. The largest absolute Gasteiger partial charge is 0.490 e. The Balaban J connectivity index is 1.36. The van der Waals surface area contributed by atoms with Crippen LogP contribution in [0.5, 0.6) is 11.5 Å². The summed E-state index contributed by atoms with van der Waals surface area (Å²) in [7, 11) is 0. The highest BCUT2D eigenvalue weighted by Crippen LogP contribution is 2.19. The Morgan fingerprint density at radius 1 is 0.743 bits per heavy atom. The Bertz CT molecular complexity index is 1260. The van der Waals surface area contributed by atoms with Crippen LogP contribution in [-0.4, -0.2) is 18.9 Å². The minimum Gasteiger partial charge on any atom is -0.490 e. The van der Waals surface area contributed by atoms with E-state index in [-0.39, 0.29) is 0 Å². The summed E-state index contributed by atoms with van der Waals surface area (Å²) >= 11 is 0. The molecule has 0 aromatic heterocycles. The monoisotopic (exact) mass is 461 g/mol. The number of hydrogen-bond acceptors (Lipinski definition) is 5. The van der Waals surface area contributed by atoms with Gasteiger partial charge in [-0.2, -0.15) is 10.4 Å². The Morgan fingerprint density at radius 3 is 1.86 bits per heavy atom. The van der Waals surface area contributed by atoms with Crippen molar-refractivity contribution in [3.05, 3.63) is 126 Å². The summed E-state index contributed by atoms with van der Waals surface area (Å²) in [5.74, 6) is 1.49. The lowest BCUT2D eigenvalue weighted by Gasteiger charge is -2.21. The van der Waals surface area contributed by atoms with E-state index in [1.54, 1.807) is 24.3 Å². The lowest BCUT2D eigenvalue weighted by Crippen LogP contribution is -2.18. The molecule has 4 rings (SSSR count). The maximum Gasteiger partial charge on any atom is 0.122 e. The number of para-hydroxylation sites is 1. The number of anilines is 1. The third-order valence-electron chi connectivity index (χ3n) is 5.38. The van der Waals surface area contributed by atoms with Crippen molar-refractivity contribution in [3.63, 3.8) is 0 Å². The molecule has 0 spiro atoms. The predicted octanol–water partition coefficient (Wildman–Crippen LogP) is 6.45. The molecule has 5 heteroatoms. The zero-order valence-electron chi connectivity index (χ0n) is 19.7. The molecule has 0 N–H and O–H groups in total. The van der Waals surface area contributed by atoms with Crippen LogP contribution >= 0.6 is 0 Å². The van der Waals surface area contributed by atoms with Crippen LogP contribution in [-0.2, 0) is 6.54 Å². The highest BCUT2D eigenvalue weighted by Gasteiger charge is 2.08. The van der Waals surface area contributed by atoms with Crippen molar-refractivity contribution in [2.45, 2.75) is 13.5 Å². The first-order chi connectivity index (χ1) is 17.2. The van der Waals surface area contributed by atoms with Crippen molar-refractivity contribution >= 4 is 11.4 Å². The summed E-state index contributed by atoms with van der Waals surface area (Å²) in [5, 5.41) is 15.8. The fourth-order valence-corrected chi connectivity index (χ4v) is 3.52. The molecule has 5 nitrogen and oxygen atoms in total. The van der Waals surface area contributed by atoms with E-state index in [4.69, 9.17) is 19.8 Å². The van der Waals surface area contributed by atoms with Gasteiger partial charge in [0.1, 0.15) is 24.7 Å². The van der Waals surface area contributed by atoms with Gasteiger partial charge in [0.15, 0.2) is 0 Å². The van der Waals surface area contributed by atoms with Crippen molar-refractivity contribution < 1.29 is 9.47 Å². The first-order valence-corrected chi connectivity index (χ1v) is 11.5. The smallest absolute Gasteiger partial charge is 0.122 e. The van der Waals surface area contributed by atoms with Gasteiger partial charge in [-0.25, -0.2) is 0 Å². The summed E-state index contributed by atoms with van der Waals surface area (Å²) in [6, 6.07) is 37.6. The molecular weight excluding hydrogens is 434 g/mol. The van der Waals surface area contributed by atoms with Crippen LogP contribution in [0.15, 0.2) is 114 Å². The maximum atomic E-state index is 8.86. The second-order valence-electron chi connectivity index (χ2n) is 7.92. The Kier molecular flexibility index (Phi) is 8.13. The minimum absolute atomic E-state index is 0.416. The molecule has 0 radical (unpaired) electrons. The van der Waals surface area contributed by atoms with Crippen molar-refractivity contribution in [2.24, 2.45) is 5.10 Å². The van der Waals surface area contributed by atoms with Crippen LogP contribution in [0.1, 0.15) is 23.6 Å². The summed E-state index contributed by atoms with van der Waals surface area (Å²) in [4.78, 5) is 0. The molecule has 4 aromatic carbocycles. The van der Waals surface area contributed by atoms with Gasteiger partial charge in [0.2, 0.25) is 0 Å². The van der Waals surface area contributed by atoms with Gasteiger partial charge < -0.3 is 9.47 Å². The standard InChI is InChI=1S/C30H27N3O2/c1-24(32-33(28-10-6-3-7-11-28)23-26-8-4-2-5-9-26)27-14-18-30(19-15-27)35-21-20-34-29-16-12-25(22-31)13-17-29/h2-19H,20-21,23H2,1H3/b32-24-. The summed E-state index contributed by atoms with van der Waals surface area (Å²) in [6.45, 7) is 3.54.